The number of fused-ring (bicyclic) bond motifs is 4. The number of nitrogens with zero attached hydrogens (tertiary/aromatic N) is 6. The molecule has 1 aromatic heterocycles. The van der Waals surface area contributed by atoms with Crippen LogP contribution in [0.1, 0.15) is 0 Å². The van der Waals surface area contributed by atoms with E-state index < -0.39 is 0 Å². The summed E-state index contributed by atoms with van der Waals surface area (Å²) in [6, 6.07) is 71.8. The molecule has 8 aromatic carbocycles. The van der Waals surface area contributed by atoms with Crippen molar-refractivity contribution < 1.29 is 4.42 Å². The molecule has 7 heteroatoms. The van der Waals surface area contributed by atoms with E-state index in [1.807, 2.05) is 0 Å². The quantitative estimate of drug-likeness (QED) is 0.169. The van der Waals surface area contributed by atoms with E-state index in [1.54, 1.807) is 0 Å². The number of aromatic nitrogens is 2. The average Bonchev–Trinajstić information content (AvgIpc) is 3.79. The molecule has 2 aliphatic rings. The van der Waals surface area contributed by atoms with Crippen molar-refractivity contribution in [1.29, 1.82) is 0 Å². The molecule has 0 amide bonds. The molecule has 0 bridgehead atoms. The summed E-state index contributed by atoms with van der Waals surface area (Å²) in [6.07, 6.45) is 0. The van der Waals surface area contributed by atoms with Crippen LogP contribution in [0.4, 0.5) is 68.2 Å². The molecule has 57 heavy (non-hydrogen) atoms. The van der Waals surface area contributed by atoms with Crippen molar-refractivity contribution in [1.82, 2.24) is 10.2 Å². The highest BCUT2D eigenvalue weighted by Gasteiger charge is 2.31. The van der Waals surface area contributed by atoms with Crippen LogP contribution in [-0.4, -0.2) is 10.2 Å². The highest BCUT2D eigenvalue weighted by atomic mass is 16.4. The third kappa shape index (κ3) is 5.44. The van der Waals surface area contributed by atoms with E-state index in [-0.39, 0.29) is 0 Å². The highest BCUT2D eigenvalue weighted by Crippen LogP contribution is 2.55. The minimum atomic E-state index is 0.468. The molecule has 2 aliphatic heterocycles. The maximum Gasteiger partial charge on any atom is 0.248 e. The first kappa shape index (κ1) is 32.5. The van der Waals surface area contributed by atoms with Gasteiger partial charge in [0.2, 0.25) is 11.8 Å². The molecule has 0 fully saturated rings. The minimum absolute atomic E-state index is 0.468. The van der Waals surface area contributed by atoms with E-state index in [0.717, 1.165) is 79.4 Å². The Morgan fingerprint density at radius 1 is 0.246 bits per heavy atom. The molecule has 9 aromatic rings. The van der Waals surface area contributed by atoms with Crippen LogP contribution in [0.2, 0.25) is 0 Å². The van der Waals surface area contributed by atoms with Gasteiger partial charge in [-0.3, -0.25) is 0 Å². The molecule has 3 heterocycles. The highest BCUT2D eigenvalue weighted by molar-refractivity contribution is 6.03. The van der Waals surface area contributed by atoms with Crippen molar-refractivity contribution >= 4 is 68.2 Å². The SMILES string of the molecule is c1ccc(N2c3ccccc3N(c3ccc(-c4nnc(-c5ccc(N6c7ccccc7N(c7ccccc7)c7ccccc76)cc5)o4)cc3)c3ccccc32)cc1. The predicted octanol–water partition coefficient (Wildman–Crippen LogP) is 13.9. The fraction of sp³-hybridized carbons (Fsp3) is 0. The summed E-state index contributed by atoms with van der Waals surface area (Å²) in [5, 5.41) is 8.95. The van der Waals surface area contributed by atoms with Gasteiger partial charge in [0.1, 0.15) is 0 Å². The van der Waals surface area contributed by atoms with Crippen molar-refractivity contribution in [3.8, 4) is 22.9 Å². The van der Waals surface area contributed by atoms with Gasteiger partial charge in [-0.2, -0.15) is 0 Å². The maximum absolute atomic E-state index is 6.31. The van der Waals surface area contributed by atoms with E-state index in [2.05, 4.69) is 236 Å². The monoisotopic (exact) mass is 734 g/mol. The lowest BCUT2D eigenvalue weighted by atomic mass is 10.0. The van der Waals surface area contributed by atoms with Gasteiger partial charge in [0, 0.05) is 33.9 Å². The summed E-state index contributed by atoms with van der Waals surface area (Å²) < 4.78 is 6.31. The van der Waals surface area contributed by atoms with Crippen LogP contribution in [0.25, 0.3) is 22.9 Å². The Balaban J connectivity index is 0.889. The number of para-hydroxylation sites is 10. The van der Waals surface area contributed by atoms with E-state index >= 15 is 0 Å². The second kappa shape index (κ2) is 13.4. The zero-order valence-corrected chi connectivity index (χ0v) is 30.7. The Hall–Kier alpha value is -7.90. The van der Waals surface area contributed by atoms with Crippen molar-refractivity contribution in [2.75, 3.05) is 19.6 Å². The zero-order chi connectivity index (χ0) is 37.7. The van der Waals surface area contributed by atoms with E-state index in [1.165, 1.54) is 0 Å². The molecular weight excluding hydrogens is 701 g/mol. The zero-order valence-electron chi connectivity index (χ0n) is 30.7. The Kier molecular flexibility index (Phi) is 7.67. The number of rotatable bonds is 6. The summed E-state index contributed by atoms with van der Waals surface area (Å²) in [4.78, 5) is 9.28. The predicted molar refractivity (Wildman–Crippen MR) is 231 cm³/mol. The number of hydrogen-bond acceptors (Lipinski definition) is 7. The van der Waals surface area contributed by atoms with Gasteiger partial charge >= 0.3 is 0 Å². The molecule has 0 saturated heterocycles. The van der Waals surface area contributed by atoms with Gasteiger partial charge in [-0.25, -0.2) is 0 Å². The average molecular weight is 735 g/mol. The van der Waals surface area contributed by atoms with Gasteiger partial charge in [-0.15, -0.1) is 10.2 Å². The van der Waals surface area contributed by atoms with E-state index in [9.17, 15) is 0 Å². The molecule has 11 rings (SSSR count). The Labute approximate surface area is 330 Å². The Morgan fingerprint density at radius 3 is 0.737 bits per heavy atom. The summed E-state index contributed by atoms with van der Waals surface area (Å²) in [5.74, 6) is 0.936. The fourth-order valence-electron chi connectivity index (χ4n) is 8.12. The molecule has 270 valence electrons. The minimum Gasteiger partial charge on any atom is -0.416 e. The van der Waals surface area contributed by atoms with Gasteiger partial charge < -0.3 is 24.0 Å². The molecule has 0 unspecified atom stereocenters. The van der Waals surface area contributed by atoms with E-state index in [4.69, 9.17) is 4.42 Å². The number of anilines is 12. The summed E-state index contributed by atoms with van der Waals surface area (Å²) >= 11 is 0. The van der Waals surface area contributed by atoms with Crippen LogP contribution in [0.15, 0.2) is 211 Å². The first-order valence-corrected chi connectivity index (χ1v) is 19.0. The summed E-state index contributed by atoms with van der Waals surface area (Å²) in [6.45, 7) is 0. The van der Waals surface area contributed by atoms with Crippen LogP contribution in [0.5, 0.6) is 0 Å². The molecule has 0 saturated carbocycles. The molecule has 0 spiro atoms. The smallest absolute Gasteiger partial charge is 0.248 e. The second-order valence-electron chi connectivity index (χ2n) is 14.0. The van der Waals surface area contributed by atoms with Crippen LogP contribution in [-0.2, 0) is 0 Å². The molecule has 0 atom stereocenters. The third-order valence-corrected chi connectivity index (χ3v) is 10.7. The first-order chi connectivity index (χ1) is 28.3. The lowest BCUT2D eigenvalue weighted by Gasteiger charge is -2.40. The van der Waals surface area contributed by atoms with Crippen molar-refractivity contribution in [2.45, 2.75) is 0 Å². The molecule has 0 radical (unpaired) electrons. The molecule has 0 aliphatic carbocycles. The molecular formula is C50H34N6O. The van der Waals surface area contributed by atoms with Crippen molar-refractivity contribution in [2.24, 2.45) is 0 Å². The fourth-order valence-corrected chi connectivity index (χ4v) is 8.12. The van der Waals surface area contributed by atoms with Gasteiger partial charge in [0.15, 0.2) is 0 Å². The van der Waals surface area contributed by atoms with Crippen LogP contribution in [0, 0.1) is 0 Å². The maximum atomic E-state index is 6.31. The molecule has 7 nitrogen and oxygen atoms in total. The van der Waals surface area contributed by atoms with Crippen LogP contribution < -0.4 is 19.6 Å². The largest absolute Gasteiger partial charge is 0.416 e. The summed E-state index contributed by atoms with van der Waals surface area (Å²) in [5.41, 5.74) is 14.9. The summed E-state index contributed by atoms with van der Waals surface area (Å²) in [7, 11) is 0. The van der Waals surface area contributed by atoms with Gasteiger partial charge in [-0.1, -0.05) is 84.9 Å². The van der Waals surface area contributed by atoms with Gasteiger partial charge in [-0.05, 0) is 121 Å². The first-order valence-electron chi connectivity index (χ1n) is 19.0. The normalized spacial score (nSPS) is 12.8. The van der Waals surface area contributed by atoms with Crippen molar-refractivity contribution in [3.05, 3.63) is 206 Å². The van der Waals surface area contributed by atoms with Crippen molar-refractivity contribution in [3.63, 3.8) is 0 Å². The lowest BCUT2D eigenvalue weighted by Crippen LogP contribution is -2.23. The number of benzene rings is 8. The van der Waals surface area contributed by atoms with E-state index in [0.29, 0.717) is 11.8 Å². The van der Waals surface area contributed by atoms with Gasteiger partial charge in [0.25, 0.3) is 0 Å². The van der Waals surface area contributed by atoms with Gasteiger partial charge in [0.05, 0.1) is 45.5 Å². The Bertz CT molecular complexity index is 2580. The Morgan fingerprint density at radius 2 is 0.474 bits per heavy atom. The number of hydrogen-bond donors (Lipinski definition) is 0. The van der Waals surface area contributed by atoms with Crippen LogP contribution >= 0.6 is 0 Å². The second-order valence-corrected chi connectivity index (χ2v) is 14.0. The molecule has 0 N–H and O–H groups in total. The lowest BCUT2D eigenvalue weighted by molar-refractivity contribution is 0.584. The topological polar surface area (TPSA) is 51.9 Å². The third-order valence-electron chi connectivity index (χ3n) is 10.7. The standard InChI is InChI=1S/C50H34N6O/c1-3-15-37(16-4-1)53-41-19-7-11-23-45(41)55(46-24-12-8-20-42(46)53)39-31-27-35(28-32-39)49-51-52-50(57-49)36-29-33-40(34-30-36)56-47-25-13-9-21-43(47)54(38-17-5-2-6-18-38)44-22-10-14-26-48(44)56/h1-34H. The van der Waals surface area contributed by atoms with Crippen LogP contribution in [0.3, 0.4) is 0 Å².